The molecule has 0 aliphatic rings. The van der Waals surface area contributed by atoms with Crippen LogP contribution < -0.4 is 11.2 Å². The molecule has 1 heterocycles. The fourth-order valence-electron chi connectivity index (χ4n) is 1.92. The predicted octanol–water partition coefficient (Wildman–Crippen LogP) is 0.880. The average molecular weight is 319 g/mol. The van der Waals surface area contributed by atoms with Crippen molar-refractivity contribution in [2.24, 2.45) is 10.1 Å². The second kappa shape index (κ2) is 6.15. The van der Waals surface area contributed by atoms with Crippen LogP contribution in [0.15, 0.2) is 51.9 Å². The summed E-state index contributed by atoms with van der Waals surface area (Å²) in [6, 6.07) is 9.68. The molecule has 2 rings (SSSR count). The first-order valence-corrected chi connectivity index (χ1v) is 8.05. The normalized spacial score (nSPS) is 12.4. The molecule has 0 spiro atoms. The molecule has 7 heteroatoms. The number of aromatic nitrogens is 1. The van der Waals surface area contributed by atoms with Crippen LogP contribution in [0, 0.1) is 13.8 Å². The number of pyridine rings is 1. The third-order valence-electron chi connectivity index (χ3n) is 3.01. The maximum atomic E-state index is 12.3. The predicted molar refractivity (Wildman–Crippen MR) is 82.3 cm³/mol. The Labute approximate surface area is 129 Å². The van der Waals surface area contributed by atoms with E-state index in [-0.39, 0.29) is 16.9 Å². The first-order chi connectivity index (χ1) is 10.3. The van der Waals surface area contributed by atoms with Gasteiger partial charge >= 0.3 is 0 Å². The molecule has 2 N–H and O–H groups in total. The molecule has 0 saturated heterocycles. The van der Waals surface area contributed by atoms with Crippen LogP contribution in [0.2, 0.25) is 0 Å². The highest BCUT2D eigenvalue weighted by molar-refractivity contribution is 7.90. The van der Waals surface area contributed by atoms with Crippen LogP contribution >= 0.6 is 0 Å². The smallest absolute Gasteiger partial charge is 0.284 e. The van der Waals surface area contributed by atoms with Gasteiger partial charge in [0, 0.05) is 6.20 Å². The standard InChI is InChI=1S/C15H17N3O3S/c1-11-3-6-13(7-4-11)22(20,21)17-15-8-5-12(2)9-18(15)10-14(16)19/h3-9H,10H2,1-2H3,(H2,16,19)/b17-15+. The molecule has 0 aliphatic carbocycles. The van der Waals surface area contributed by atoms with E-state index in [9.17, 15) is 13.2 Å². The highest BCUT2D eigenvalue weighted by Crippen LogP contribution is 2.12. The number of benzene rings is 1. The number of amides is 1. The molecule has 22 heavy (non-hydrogen) atoms. The summed E-state index contributed by atoms with van der Waals surface area (Å²) in [5.41, 5.74) is 7.17. The summed E-state index contributed by atoms with van der Waals surface area (Å²) >= 11 is 0. The minimum absolute atomic E-state index is 0.101. The molecule has 0 aliphatic heterocycles. The van der Waals surface area contributed by atoms with Gasteiger partial charge in [-0.3, -0.25) is 4.79 Å². The zero-order valence-electron chi connectivity index (χ0n) is 12.4. The van der Waals surface area contributed by atoms with Crippen molar-refractivity contribution in [2.75, 3.05) is 0 Å². The minimum Gasteiger partial charge on any atom is -0.368 e. The van der Waals surface area contributed by atoms with Crippen molar-refractivity contribution in [1.29, 1.82) is 0 Å². The Balaban J connectivity index is 2.56. The van der Waals surface area contributed by atoms with Crippen molar-refractivity contribution in [2.45, 2.75) is 25.3 Å². The zero-order chi connectivity index (χ0) is 16.3. The summed E-state index contributed by atoms with van der Waals surface area (Å²) in [5, 5.41) is 0. The molecule has 0 radical (unpaired) electrons. The summed E-state index contributed by atoms with van der Waals surface area (Å²) in [6.45, 7) is 3.56. The van der Waals surface area contributed by atoms with Gasteiger partial charge in [-0.25, -0.2) is 0 Å². The van der Waals surface area contributed by atoms with Crippen LogP contribution in [0.4, 0.5) is 0 Å². The lowest BCUT2D eigenvalue weighted by Crippen LogP contribution is -2.29. The van der Waals surface area contributed by atoms with E-state index in [2.05, 4.69) is 4.40 Å². The SMILES string of the molecule is Cc1ccc(S(=O)(=O)/N=c2\ccc(C)cn2CC(N)=O)cc1. The number of carbonyl (C=O) groups is 1. The second-order valence-corrected chi connectivity index (χ2v) is 6.64. The first kappa shape index (κ1) is 16.0. The Morgan fingerprint density at radius 3 is 2.27 bits per heavy atom. The van der Waals surface area contributed by atoms with E-state index in [1.165, 1.54) is 16.7 Å². The molecule has 1 aromatic heterocycles. The van der Waals surface area contributed by atoms with Gasteiger partial charge in [0.05, 0.1) is 4.90 Å². The summed E-state index contributed by atoms with van der Waals surface area (Å²) in [6.07, 6.45) is 1.63. The topological polar surface area (TPSA) is 94.5 Å². The quantitative estimate of drug-likeness (QED) is 0.906. The van der Waals surface area contributed by atoms with E-state index in [1.54, 1.807) is 30.5 Å². The van der Waals surface area contributed by atoms with Gasteiger partial charge in [-0.2, -0.15) is 8.42 Å². The zero-order valence-corrected chi connectivity index (χ0v) is 13.2. The molecule has 116 valence electrons. The molecule has 0 saturated carbocycles. The van der Waals surface area contributed by atoms with Crippen molar-refractivity contribution in [1.82, 2.24) is 4.57 Å². The first-order valence-electron chi connectivity index (χ1n) is 6.61. The van der Waals surface area contributed by atoms with Gasteiger partial charge in [0.2, 0.25) is 5.91 Å². The molecule has 2 aromatic rings. The lowest BCUT2D eigenvalue weighted by Gasteiger charge is -2.06. The Morgan fingerprint density at radius 2 is 1.68 bits per heavy atom. The largest absolute Gasteiger partial charge is 0.368 e. The number of primary amides is 1. The number of aryl methyl sites for hydroxylation is 2. The molecule has 6 nitrogen and oxygen atoms in total. The number of nitrogens with zero attached hydrogens (tertiary/aromatic N) is 2. The number of rotatable bonds is 4. The maximum Gasteiger partial charge on any atom is 0.284 e. The fourth-order valence-corrected chi connectivity index (χ4v) is 2.92. The third kappa shape index (κ3) is 3.82. The van der Waals surface area contributed by atoms with Crippen molar-refractivity contribution >= 4 is 15.9 Å². The average Bonchev–Trinajstić information content (AvgIpc) is 2.41. The molecule has 0 unspecified atom stereocenters. The van der Waals surface area contributed by atoms with Gasteiger partial charge in [0.1, 0.15) is 12.0 Å². The highest BCUT2D eigenvalue weighted by Gasteiger charge is 2.12. The third-order valence-corrected chi connectivity index (χ3v) is 4.30. The molecule has 0 bridgehead atoms. The number of nitrogens with two attached hydrogens (primary N) is 1. The summed E-state index contributed by atoms with van der Waals surface area (Å²) in [5.74, 6) is -0.570. The number of sulfonamides is 1. The lowest BCUT2D eigenvalue weighted by molar-refractivity contribution is -0.118. The number of hydrogen-bond donors (Lipinski definition) is 1. The summed E-state index contributed by atoms with van der Waals surface area (Å²) < 4.78 is 29.9. The van der Waals surface area contributed by atoms with Gasteiger partial charge in [-0.05, 0) is 37.6 Å². The Kier molecular flexibility index (Phi) is 4.46. The Morgan fingerprint density at radius 1 is 1.09 bits per heavy atom. The van der Waals surface area contributed by atoms with Crippen molar-refractivity contribution in [3.63, 3.8) is 0 Å². The van der Waals surface area contributed by atoms with E-state index in [1.807, 2.05) is 13.8 Å². The number of carbonyl (C=O) groups excluding carboxylic acids is 1. The van der Waals surface area contributed by atoms with Crippen LogP contribution in [-0.4, -0.2) is 18.9 Å². The highest BCUT2D eigenvalue weighted by atomic mass is 32.2. The number of hydrogen-bond acceptors (Lipinski definition) is 3. The minimum atomic E-state index is -3.85. The van der Waals surface area contributed by atoms with Crippen LogP contribution in [-0.2, 0) is 21.4 Å². The van der Waals surface area contributed by atoms with Gasteiger partial charge in [0.15, 0.2) is 0 Å². The summed E-state index contributed by atoms with van der Waals surface area (Å²) in [7, 11) is -3.85. The van der Waals surface area contributed by atoms with Crippen LogP contribution in [0.1, 0.15) is 11.1 Å². The van der Waals surface area contributed by atoms with Crippen LogP contribution in [0.3, 0.4) is 0 Å². The van der Waals surface area contributed by atoms with Crippen LogP contribution in [0.25, 0.3) is 0 Å². The molecular weight excluding hydrogens is 302 g/mol. The molecule has 0 fully saturated rings. The van der Waals surface area contributed by atoms with Gasteiger partial charge in [-0.15, -0.1) is 4.40 Å². The van der Waals surface area contributed by atoms with E-state index in [0.29, 0.717) is 0 Å². The molecule has 1 aromatic carbocycles. The summed E-state index contributed by atoms with van der Waals surface area (Å²) in [4.78, 5) is 11.2. The second-order valence-electron chi connectivity index (χ2n) is 5.04. The van der Waals surface area contributed by atoms with E-state index in [0.717, 1.165) is 11.1 Å². The lowest BCUT2D eigenvalue weighted by atomic mass is 10.2. The Bertz CT molecular complexity index is 866. The molecule has 0 atom stereocenters. The van der Waals surface area contributed by atoms with Crippen molar-refractivity contribution in [3.8, 4) is 0 Å². The monoisotopic (exact) mass is 319 g/mol. The van der Waals surface area contributed by atoms with Crippen LogP contribution in [0.5, 0.6) is 0 Å². The van der Waals surface area contributed by atoms with Crippen molar-refractivity contribution < 1.29 is 13.2 Å². The van der Waals surface area contributed by atoms with Gasteiger partial charge in [-0.1, -0.05) is 23.8 Å². The molecular formula is C15H17N3O3S. The van der Waals surface area contributed by atoms with E-state index < -0.39 is 15.9 Å². The van der Waals surface area contributed by atoms with Gasteiger partial charge in [0.25, 0.3) is 10.0 Å². The maximum absolute atomic E-state index is 12.3. The van der Waals surface area contributed by atoms with E-state index >= 15 is 0 Å². The Hall–Kier alpha value is -2.41. The molecule has 1 amide bonds. The van der Waals surface area contributed by atoms with Gasteiger partial charge < -0.3 is 10.3 Å². The van der Waals surface area contributed by atoms with E-state index in [4.69, 9.17) is 5.73 Å². The van der Waals surface area contributed by atoms with Crippen molar-refractivity contribution in [3.05, 3.63) is 59.2 Å². The fraction of sp³-hybridized carbons (Fsp3) is 0.200.